The van der Waals surface area contributed by atoms with E-state index in [1.165, 1.54) is 12.1 Å². The Balaban J connectivity index is 2.99. The van der Waals surface area contributed by atoms with E-state index in [0.29, 0.717) is 18.2 Å². The van der Waals surface area contributed by atoms with Crippen LogP contribution in [0, 0.1) is 0 Å². The second kappa shape index (κ2) is 6.61. The van der Waals surface area contributed by atoms with Gasteiger partial charge in [0, 0.05) is 18.7 Å². The standard InChI is InChI=1S/C13H18ClNO3/c1-4-15(9(2)8-18-3)13(17)11-7-10(14)5-6-12(11)16/h5-7,9,16H,4,8H2,1-3H3. The van der Waals surface area contributed by atoms with Gasteiger partial charge in [-0.2, -0.15) is 0 Å². The molecule has 0 aliphatic carbocycles. The van der Waals surface area contributed by atoms with Gasteiger partial charge in [0.25, 0.3) is 5.91 Å². The number of amides is 1. The first-order valence-electron chi connectivity index (χ1n) is 5.79. The lowest BCUT2D eigenvalue weighted by Gasteiger charge is -2.27. The Kier molecular flexibility index (Phi) is 5.44. The van der Waals surface area contributed by atoms with E-state index in [-0.39, 0.29) is 23.3 Å². The molecular weight excluding hydrogens is 254 g/mol. The molecule has 5 heteroatoms. The van der Waals surface area contributed by atoms with Gasteiger partial charge in [0.1, 0.15) is 5.75 Å². The number of carbonyl (C=O) groups excluding carboxylic acids is 1. The van der Waals surface area contributed by atoms with Gasteiger partial charge in [0.15, 0.2) is 0 Å². The van der Waals surface area contributed by atoms with Crippen LogP contribution in [0.2, 0.25) is 5.02 Å². The third-order valence-corrected chi connectivity index (χ3v) is 2.97. The summed E-state index contributed by atoms with van der Waals surface area (Å²) in [5, 5.41) is 10.1. The topological polar surface area (TPSA) is 49.8 Å². The molecule has 0 saturated heterocycles. The normalized spacial score (nSPS) is 12.2. The number of phenols is 1. The minimum atomic E-state index is -0.248. The summed E-state index contributed by atoms with van der Waals surface area (Å²) in [6.07, 6.45) is 0. The molecule has 1 unspecified atom stereocenters. The Morgan fingerprint density at radius 3 is 2.78 bits per heavy atom. The number of aromatic hydroxyl groups is 1. The lowest BCUT2D eigenvalue weighted by Crippen LogP contribution is -2.40. The van der Waals surface area contributed by atoms with Gasteiger partial charge in [-0.25, -0.2) is 0 Å². The van der Waals surface area contributed by atoms with Crippen molar-refractivity contribution in [3.63, 3.8) is 0 Å². The number of hydrogen-bond acceptors (Lipinski definition) is 3. The number of benzene rings is 1. The Hall–Kier alpha value is -1.26. The summed E-state index contributed by atoms with van der Waals surface area (Å²) in [4.78, 5) is 14.0. The van der Waals surface area contributed by atoms with Crippen LogP contribution in [-0.2, 0) is 4.74 Å². The van der Waals surface area contributed by atoms with Crippen LogP contribution >= 0.6 is 11.6 Å². The van der Waals surface area contributed by atoms with Crippen molar-refractivity contribution in [3.05, 3.63) is 28.8 Å². The monoisotopic (exact) mass is 271 g/mol. The number of ether oxygens (including phenoxy) is 1. The highest BCUT2D eigenvalue weighted by Crippen LogP contribution is 2.23. The van der Waals surface area contributed by atoms with Crippen molar-refractivity contribution in [2.24, 2.45) is 0 Å². The average Bonchev–Trinajstić information content (AvgIpc) is 2.33. The summed E-state index contributed by atoms with van der Waals surface area (Å²) in [5.74, 6) is -0.311. The Labute approximate surface area is 112 Å². The maximum atomic E-state index is 12.3. The van der Waals surface area contributed by atoms with Crippen molar-refractivity contribution in [2.75, 3.05) is 20.3 Å². The fourth-order valence-electron chi connectivity index (χ4n) is 1.82. The molecule has 1 aromatic carbocycles. The predicted octanol–water partition coefficient (Wildman–Crippen LogP) is 2.54. The number of rotatable bonds is 5. The van der Waals surface area contributed by atoms with E-state index in [0.717, 1.165) is 0 Å². The van der Waals surface area contributed by atoms with Gasteiger partial charge >= 0.3 is 0 Å². The molecule has 1 rings (SSSR count). The van der Waals surface area contributed by atoms with Gasteiger partial charge in [-0.3, -0.25) is 4.79 Å². The summed E-state index contributed by atoms with van der Waals surface area (Å²) in [6.45, 7) is 4.76. The largest absolute Gasteiger partial charge is 0.507 e. The van der Waals surface area contributed by atoms with Crippen LogP contribution < -0.4 is 0 Å². The zero-order valence-corrected chi connectivity index (χ0v) is 11.6. The number of methoxy groups -OCH3 is 1. The maximum Gasteiger partial charge on any atom is 0.257 e. The van der Waals surface area contributed by atoms with Gasteiger partial charge in [-0.1, -0.05) is 11.6 Å². The first kappa shape index (κ1) is 14.8. The van der Waals surface area contributed by atoms with E-state index in [1.54, 1.807) is 18.1 Å². The van der Waals surface area contributed by atoms with E-state index >= 15 is 0 Å². The van der Waals surface area contributed by atoms with Gasteiger partial charge in [0.05, 0.1) is 18.2 Å². The molecule has 4 nitrogen and oxygen atoms in total. The molecule has 0 saturated carbocycles. The Morgan fingerprint density at radius 1 is 1.56 bits per heavy atom. The molecule has 0 heterocycles. The highest BCUT2D eigenvalue weighted by atomic mass is 35.5. The lowest BCUT2D eigenvalue weighted by molar-refractivity contribution is 0.0576. The number of nitrogens with zero attached hydrogens (tertiary/aromatic N) is 1. The SMILES string of the molecule is CCN(C(=O)c1cc(Cl)ccc1O)C(C)COC. The summed E-state index contributed by atoms with van der Waals surface area (Å²) >= 11 is 5.84. The molecule has 1 aromatic rings. The highest BCUT2D eigenvalue weighted by Gasteiger charge is 2.22. The van der Waals surface area contributed by atoms with Gasteiger partial charge in [-0.15, -0.1) is 0 Å². The molecule has 0 spiro atoms. The van der Waals surface area contributed by atoms with E-state index in [2.05, 4.69) is 0 Å². The van der Waals surface area contributed by atoms with Crippen LogP contribution in [-0.4, -0.2) is 42.2 Å². The van der Waals surface area contributed by atoms with Gasteiger partial charge in [-0.05, 0) is 32.0 Å². The fraction of sp³-hybridized carbons (Fsp3) is 0.462. The molecule has 0 bridgehead atoms. The minimum absolute atomic E-state index is 0.0625. The number of carbonyl (C=O) groups is 1. The Bertz CT molecular complexity index is 423. The van der Waals surface area contributed by atoms with Gasteiger partial charge in [0.2, 0.25) is 0 Å². The number of likely N-dealkylation sites (N-methyl/N-ethyl adjacent to an activating group) is 1. The van der Waals surface area contributed by atoms with Crippen LogP contribution in [0.3, 0.4) is 0 Å². The number of halogens is 1. The third kappa shape index (κ3) is 3.37. The molecule has 0 radical (unpaired) electrons. The van der Waals surface area contributed by atoms with E-state index in [9.17, 15) is 9.90 Å². The van der Waals surface area contributed by atoms with Crippen molar-refractivity contribution in [1.82, 2.24) is 4.90 Å². The summed E-state index contributed by atoms with van der Waals surface area (Å²) < 4.78 is 5.04. The molecule has 1 atom stereocenters. The van der Waals surface area contributed by atoms with E-state index in [1.807, 2.05) is 13.8 Å². The van der Waals surface area contributed by atoms with Crippen molar-refractivity contribution in [3.8, 4) is 5.75 Å². The van der Waals surface area contributed by atoms with Crippen LogP contribution in [0.5, 0.6) is 5.75 Å². The number of phenolic OH excluding ortho intramolecular Hbond substituents is 1. The first-order chi connectivity index (χ1) is 8.51. The molecule has 18 heavy (non-hydrogen) atoms. The van der Waals surface area contributed by atoms with Crippen molar-refractivity contribution < 1.29 is 14.6 Å². The molecule has 0 fully saturated rings. The zero-order chi connectivity index (χ0) is 13.7. The lowest BCUT2D eigenvalue weighted by atomic mass is 10.1. The smallest absolute Gasteiger partial charge is 0.257 e. The third-order valence-electron chi connectivity index (χ3n) is 2.73. The second-order valence-corrected chi connectivity index (χ2v) is 4.49. The molecule has 0 aliphatic rings. The molecule has 0 aliphatic heterocycles. The average molecular weight is 272 g/mol. The molecular formula is C13H18ClNO3. The van der Waals surface area contributed by atoms with Gasteiger partial charge < -0.3 is 14.7 Å². The first-order valence-corrected chi connectivity index (χ1v) is 6.17. The second-order valence-electron chi connectivity index (χ2n) is 4.06. The molecule has 0 aromatic heterocycles. The minimum Gasteiger partial charge on any atom is -0.507 e. The molecule has 1 amide bonds. The number of hydrogen-bond donors (Lipinski definition) is 1. The van der Waals surface area contributed by atoms with E-state index in [4.69, 9.17) is 16.3 Å². The Morgan fingerprint density at radius 2 is 2.22 bits per heavy atom. The summed E-state index contributed by atoms with van der Waals surface area (Å²) in [6, 6.07) is 4.37. The predicted molar refractivity (Wildman–Crippen MR) is 71.2 cm³/mol. The summed E-state index contributed by atoms with van der Waals surface area (Å²) in [5.41, 5.74) is 0.215. The van der Waals surface area contributed by atoms with Crippen molar-refractivity contribution in [2.45, 2.75) is 19.9 Å². The highest BCUT2D eigenvalue weighted by molar-refractivity contribution is 6.31. The van der Waals surface area contributed by atoms with Crippen LogP contribution in [0.1, 0.15) is 24.2 Å². The van der Waals surface area contributed by atoms with Crippen molar-refractivity contribution in [1.29, 1.82) is 0 Å². The quantitative estimate of drug-likeness (QED) is 0.895. The van der Waals surface area contributed by atoms with Crippen LogP contribution in [0.4, 0.5) is 0 Å². The van der Waals surface area contributed by atoms with Crippen LogP contribution in [0.25, 0.3) is 0 Å². The molecule has 1 N–H and O–H groups in total. The zero-order valence-electron chi connectivity index (χ0n) is 10.8. The fourth-order valence-corrected chi connectivity index (χ4v) is 1.99. The maximum absolute atomic E-state index is 12.3. The van der Waals surface area contributed by atoms with E-state index < -0.39 is 0 Å². The van der Waals surface area contributed by atoms with Crippen LogP contribution in [0.15, 0.2) is 18.2 Å². The summed E-state index contributed by atoms with van der Waals surface area (Å²) in [7, 11) is 1.59. The van der Waals surface area contributed by atoms with Crippen molar-refractivity contribution >= 4 is 17.5 Å². The molecule has 100 valence electrons.